The van der Waals surface area contributed by atoms with E-state index in [2.05, 4.69) is 45.7 Å². The Morgan fingerprint density at radius 1 is 0.680 bits per heavy atom. The molecule has 1 nitrogen and oxygen atoms in total. The minimum atomic E-state index is -1.52. The van der Waals surface area contributed by atoms with Crippen molar-refractivity contribution in [3.63, 3.8) is 0 Å². The molecule has 148 valence electrons. The number of hydrogen-bond acceptors (Lipinski definition) is 1. The van der Waals surface area contributed by atoms with Gasteiger partial charge in [0.05, 0.1) is 0 Å². The Bertz CT molecular complexity index is 357. The lowest BCUT2D eigenvalue weighted by Crippen LogP contribution is -2.40. The van der Waals surface area contributed by atoms with Crippen LogP contribution in [0.2, 0.25) is 18.1 Å². The van der Waals surface area contributed by atoms with Gasteiger partial charge in [0.2, 0.25) is 0 Å². The zero-order chi connectivity index (χ0) is 19.0. The summed E-state index contributed by atoms with van der Waals surface area (Å²) in [6, 6.07) is 0. The molecule has 0 aliphatic heterocycles. The van der Waals surface area contributed by atoms with Crippen molar-refractivity contribution < 1.29 is 4.43 Å². The van der Waals surface area contributed by atoms with Gasteiger partial charge >= 0.3 is 0 Å². The second kappa shape index (κ2) is 14.9. The third kappa shape index (κ3) is 14.6. The van der Waals surface area contributed by atoms with E-state index in [1.54, 1.807) is 0 Å². The van der Waals surface area contributed by atoms with Gasteiger partial charge in [0.1, 0.15) is 0 Å². The zero-order valence-electron chi connectivity index (χ0n) is 18.3. The Morgan fingerprint density at radius 3 is 1.48 bits per heavy atom. The quantitative estimate of drug-likeness (QED) is 0.161. The number of rotatable bonds is 15. The molecule has 0 spiro atoms. The van der Waals surface area contributed by atoms with Gasteiger partial charge < -0.3 is 4.43 Å². The fourth-order valence-electron chi connectivity index (χ4n) is 2.75. The van der Waals surface area contributed by atoms with Crippen LogP contribution in [0, 0.1) is 11.8 Å². The highest BCUT2D eigenvalue weighted by Crippen LogP contribution is 2.36. The summed E-state index contributed by atoms with van der Waals surface area (Å²) in [4.78, 5) is 0. The van der Waals surface area contributed by atoms with Crippen LogP contribution in [0.1, 0.15) is 111 Å². The summed E-state index contributed by atoms with van der Waals surface area (Å²) in [7, 11) is -1.52. The van der Waals surface area contributed by atoms with Gasteiger partial charge in [-0.15, -0.1) is 11.8 Å². The summed E-state index contributed by atoms with van der Waals surface area (Å²) in [5, 5.41) is 0.344. The van der Waals surface area contributed by atoms with Crippen molar-refractivity contribution in [2.75, 3.05) is 6.61 Å². The molecule has 0 N–H and O–H groups in total. The first-order valence-corrected chi connectivity index (χ1v) is 13.8. The molecule has 0 aromatic heterocycles. The normalized spacial score (nSPS) is 12.1. The second-order valence-electron chi connectivity index (χ2n) is 9.03. The fourth-order valence-corrected chi connectivity index (χ4v) is 3.84. The monoisotopic (exact) mass is 366 g/mol. The van der Waals surface area contributed by atoms with Crippen LogP contribution in [-0.4, -0.2) is 14.9 Å². The maximum Gasteiger partial charge on any atom is 0.191 e. The van der Waals surface area contributed by atoms with Crippen LogP contribution in [0.25, 0.3) is 0 Å². The minimum Gasteiger partial charge on any atom is -0.417 e. The van der Waals surface area contributed by atoms with Gasteiger partial charge in [-0.2, -0.15) is 0 Å². The summed E-state index contributed by atoms with van der Waals surface area (Å²) in [6.45, 7) is 14.6. The highest BCUT2D eigenvalue weighted by molar-refractivity contribution is 6.74. The molecule has 0 aromatic carbocycles. The van der Waals surface area contributed by atoms with Gasteiger partial charge in [-0.25, -0.2) is 0 Å². The Kier molecular flexibility index (Phi) is 14.7. The van der Waals surface area contributed by atoms with Crippen LogP contribution in [-0.2, 0) is 4.43 Å². The van der Waals surface area contributed by atoms with E-state index in [1.165, 1.54) is 77.0 Å². The van der Waals surface area contributed by atoms with Crippen molar-refractivity contribution in [1.82, 2.24) is 0 Å². The van der Waals surface area contributed by atoms with Gasteiger partial charge in [-0.1, -0.05) is 85.0 Å². The average molecular weight is 367 g/mol. The van der Waals surface area contributed by atoms with Crippen LogP contribution in [0.15, 0.2) is 0 Å². The van der Waals surface area contributed by atoms with E-state index in [-0.39, 0.29) is 0 Å². The molecule has 0 radical (unpaired) electrons. The van der Waals surface area contributed by atoms with Crippen molar-refractivity contribution in [2.45, 2.75) is 129 Å². The molecule has 0 saturated heterocycles. The molecule has 0 bridgehead atoms. The third-order valence-corrected chi connectivity index (χ3v) is 10.2. The highest BCUT2D eigenvalue weighted by Gasteiger charge is 2.36. The fraction of sp³-hybridized carbons (Fsp3) is 0.913. The Morgan fingerprint density at radius 2 is 1.08 bits per heavy atom. The Hall–Kier alpha value is -0.263. The Labute approximate surface area is 160 Å². The highest BCUT2D eigenvalue weighted by atomic mass is 28.4. The Balaban J connectivity index is 3.25. The SMILES string of the molecule is CC#CCCCCCCCCCCCCCCO[Si](C)(C)C(C)(C)C. The maximum atomic E-state index is 6.24. The molecule has 0 aliphatic rings. The zero-order valence-corrected chi connectivity index (χ0v) is 19.3. The van der Waals surface area contributed by atoms with Gasteiger partial charge in [0, 0.05) is 13.0 Å². The smallest absolute Gasteiger partial charge is 0.191 e. The third-order valence-electron chi connectivity index (χ3n) is 5.64. The second-order valence-corrected chi connectivity index (χ2v) is 13.8. The predicted molar refractivity (Wildman–Crippen MR) is 117 cm³/mol. The molecule has 2 heteroatoms. The minimum absolute atomic E-state index is 0.344. The lowest BCUT2D eigenvalue weighted by Gasteiger charge is -2.36. The van der Waals surface area contributed by atoms with E-state index in [0.717, 1.165) is 13.0 Å². The molecule has 25 heavy (non-hydrogen) atoms. The number of hydrogen-bond donors (Lipinski definition) is 0. The van der Waals surface area contributed by atoms with E-state index in [0.29, 0.717) is 5.04 Å². The molecule has 0 aliphatic carbocycles. The van der Waals surface area contributed by atoms with E-state index in [4.69, 9.17) is 4.43 Å². The van der Waals surface area contributed by atoms with E-state index in [9.17, 15) is 0 Å². The van der Waals surface area contributed by atoms with Gasteiger partial charge in [0.25, 0.3) is 0 Å². The molecule has 0 atom stereocenters. The summed E-state index contributed by atoms with van der Waals surface area (Å²) < 4.78 is 6.24. The maximum absolute atomic E-state index is 6.24. The van der Waals surface area contributed by atoms with Crippen molar-refractivity contribution in [2.24, 2.45) is 0 Å². The summed E-state index contributed by atoms with van der Waals surface area (Å²) in [5.74, 6) is 6.12. The van der Waals surface area contributed by atoms with Gasteiger partial charge in [0.15, 0.2) is 8.32 Å². The first kappa shape index (κ1) is 24.7. The van der Waals surface area contributed by atoms with Gasteiger partial charge in [-0.3, -0.25) is 0 Å². The molecular formula is C23H46OSi. The van der Waals surface area contributed by atoms with E-state index < -0.39 is 8.32 Å². The summed E-state index contributed by atoms with van der Waals surface area (Å²) in [6.07, 6.45) is 17.7. The van der Waals surface area contributed by atoms with Crippen LogP contribution in [0.3, 0.4) is 0 Å². The first-order chi connectivity index (χ1) is 11.8. The largest absolute Gasteiger partial charge is 0.417 e. The van der Waals surface area contributed by atoms with Crippen molar-refractivity contribution >= 4 is 8.32 Å². The molecule has 0 amide bonds. The van der Waals surface area contributed by atoms with Crippen LogP contribution in [0.5, 0.6) is 0 Å². The molecule has 0 heterocycles. The molecule has 0 unspecified atom stereocenters. The lowest BCUT2D eigenvalue weighted by molar-refractivity contribution is 0.277. The molecule has 0 saturated carbocycles. The number of unbranched alkanes of at least 4 members (excludes halogenated alkanes) is 12. The van der Waals surface area contributed by atoms with Crippen LogP contribution >= 0.6 is 0 Å². The first-order valence-electron chi connectivity index (χ1n) is 10.8. The molecule has 0 aromatic rings. The van der Waals surface area contributed by atoms with E-state index >= 15 is 0 Å². The predicted octanol–water partition coefficient (Wildman–Crippen LogP) is 8.10. The molecular weight excluding hydrogens is 320 g/mol. The average Bonchev–Trinajstić information content (AvgIpc) is 2.53. The summed E-state index contributed by atoms with van der Waals surface area (Å²) >= 11 is 0. The van der Waals surface area contributed by atoms with E-state index in [1.807, 2.05) is 6.92 Å². The standard InChI is InChI=1S/C23H46OSi/c1-7-8-9-10-11-12-13-14-15-16-17-18-19-20-21-22-24-25(5,6)23(2,3)4/h9-22H2,1-6H3. The van der Waals surface area contributed by atoms with Gasteiger partial charge in [-0.05, 0) is 37.9 Å². The van der Waals surface area contributed by atoms with Crippen LogP contribution in [0.4, 0.5) is 0 Å². The molecule has 0 fully saturated rings. The topological polar surface area (TPSA) is 9.23 Å². The van der Waals surface area contributed by atoms with Crippen molar-refractivity contribution in [3.05, 3.63) is 0 Å². The van der Waals surface area contributed by atoms with Crippen molar-refractivity contribution in [1.29, 1.82) is 0 Å². The van der Waals surface area contributed by atoms with Crippen LogP contribution < -0.4 is 0 Å². The lowest BCUT2D eigenvalue weighted by atomic mass is 10.0. The molecule has 0 rings (SSSR count). The summed E-state index contributed by atoms with van der Waals surface area (Å²) in [5.41, 5.74) is 0. The van der Waals surface area contributed by atoms with Crippen molar-refractivity contribution in [3.8, 4) is 11.8 Å².